The first-order valence-corrected chi connectivity index (χ1v) is 5.81. The van der Waals surface area contributed by atoms with Crippen LogP contribution in [-0.4, -0.2) is 32.5 Å². The van der Waals surface area contributed by atoms with Crippen LogP contribution in [0.15, 0.2) is 29.5 Å². The predicted octanol–water partition coefficient (Wildman–Crippen LogP) is 0.629. The topological polar surface area (TPSA) is 106 Å². The molecule has 102 valence electrons. The summed E-state index contributed by atoms with van der Waals surface area (Å²) in [5, 5.41) is 10.5. The first kappa shape index (κ1) is 12.2. The number of fused-ring (bicyclic) bond motifs is 1. The van der Waals surface area contributed by atoms with E-state index in [0.29, 0.717) is 28.1 Å². The molecule has 0 atom stereocenters. The smallest absolute Gasteiger partial charge is 0.258 e. The van der Waals surface area contributed by atoms with Gasteiger partial charge in [-0.15, -0.1) is 0 Å². The van der Waals surface area contributed by atoms with Crippen LogP contribution in [-0.2, 0) is 6.61 Å². The summed E-state index contributed by atoms with van der Waals surface area (Å²) in [4.78, 5) is 18.3. The molecule has 8 heteroatoms. The van der Waals surface area contributed by atoms with E-state index in [-0.39, 0.29) is 12.2 Å². The molecule has 0 aliphatic carbocycles. The molecule has 0 fully saturated rings. The number of aromatic nitrogens is 5. The summed E-state index contributed by atoms with van der Waals surface area (Å²) >= 11 is 0. The lowest BCUT2D eigenvalue weighted by Gasteiger charge is -2.10. The monoisotopic (exact) mass is 273 g/mol. The molecule has 0 radical (unpaired) electrons. The number of rotatable bonds is 4. The van der Waals surface area contributed by atoms with E-state index in [1.165, 1.54) is 13.4 Å². The van der Waals surface area contributed by atoms with Crippen molar-refractivity contribution in [1.82, 2.24) is 25.4 Å². The molecule has 2 N–H and O–H groups in total. The summed E-state index contributed by atoms with van der Waals surface area (Å²) in [5.74, 6) is 0.945. The van der Waals surface area contributed by atoms with Gasteiger partial charge in [-0.1, -0.05) is 0 Å². The van der Waals surface area contributed by atoms with Gasteiger partial charge in [0.2, 0.25) is 0 Å². The first-order chi connectivity index (χ1) is 9.78. The highest BCUT2D eigenvalue weighted by Gasteiger charge is 2.10. The maximum atomic E-state index is 11.7. The number of nitrogens with one attached hydrogen (secondary N) is 2. The second-order valence-electron chi connectivity index (χ2n) is 4.00. The molecule has 0 aliphatic rings. The molecule has 0 unspecified atom stereocenters. The number of ether oxygens (including phenoxy) is 2. The highest BCUT2D eigenvalue weighted by molar-refractivity contribution is 5.81. The largest absolute Gasteiger partial charge is 0.493 e. The van der Waals surface area contributed by atoms with Gasteiger partial charge in [-0.25, -0.2) is 4.98 Å². The number of methoxy groups -OCH3 is 1. The highest BCUT2D eigenvalue weighted by atomic mass is 16.5. The zero-order valence-corrected chi connectivity index (χ0v) is 10.6. The zero-order chi connectivity index (χ0) is 13.9. The second-order valence-corrected chi connectivity index (χ2v) is 4.00. The van der Waals surface area contributed by atoms with Crippen LogP contribution >= 0.6 is 0 Å². The molecular weight excluding hydrogens is 262 g/mol. The fourth-order valence-electron chi connectivity index (χ4n) is 1.79. The van der Waals surface area contributed by atoms with E-state index >= 15 is 0 Å². The van der Waals surface area contributed by atoms with Gasteiger partial charge in [0.25, 0.3) is 5.56 Å². The van der Waals surface area contributed by atoms with Gasteiger partial charge in [0.15, 0.2) is 11.5 Å². The van der Waals surface area contributed by atoms with Gasteiger partial charge < -0.3 is 14.5 Å². The summed E-state index contributed by atoms with van der Waals surface area (Å²) in [5.41, 5.74) is 0.965. The molecule has 1 aromatic carbocycles. The molecule has 2 heterocycles. The van der Waals surface area contributed by atoms with E-state index < -0.39 is 0 Å². The number of benzene rings is 1. The number of nitrogens with zero attached hydrogens (tertiary/aromatic N) is 3. The number of hydrogen-bond acceptors (Lipinski definition) is 6. The summed E-state index contributed by atoms with van der Waals surface area (Å²) in [6.07, 6.45) is 2.91. The molecule has 0 amide bonds. The molecule has 0 saturated heterocycles. The SMILES string of the molecule is COc1cc2c(=O)[nH]cnc2cc1OCc1cn[nH]n1. The van der Waals surface area contributed by atoms with Crippen molar-refractivity contribution in [3.8, 4) is 11.5 Å². The minimum absolute atomic E-state index is 0.226. The van der Waals surface area contributed by atoms with Crippen molar-refractivity contribution in [2.45, 2.75) is 6.61 Å². The molecule has 0 bridgehead atoms. The number of aromatic amines is 2. The quantitative estimate of drug-likeness (QED) is 0.722. The zero-order valence-electron chi connectivity index (χ0n) is 10.6. The molecule has 3 rings (SSSR count). The highest BCUT2D eigenvalue weighted by Crippen LogP contribution is 2.30. The maximum absolute atomic E-state index is 11.7. The van der Waals surface area contributed by atoms with Crippen molar-refractivity contribution in [1.29, 1.82) is 0 Å². The van der Waals surface area contributed by atoms with Crippen LogP contribution in [0.5, 0.6) is 11.5 Å². The van der Waals surface area contributed by atoms with Gasteiger partial charge in [0.1, 0.15) is 12.3 Å². The Labute approximate surface area is 112 Å². The molecular formula is C12H11N5O3. The van der Waals surface area contributed by atoms with Crippen LogP contribution in [0.4, 0.5) is 0 Å². The molecule has 0 aliphatic heterocycles. The van der Waals surface area contributed by atoms with Crippen molar-refractivity contribution < 1.29 is 9.47 Å². The molecule has 3 aromatic rings. The predicted molar refractivity (Wildman–Crippen MR) is 69.6 cm³/mol. The van der Waals surface area contributed by atoms with E-state index in [4.69, 9.17) is 9.47 Å². The molecule has 20 heavy (non-hydrogen) atoms. The average molecular weight is 273 g/mol. The lowest BCUT2D eigenvalue weighted by Crippen LogP contribution is -2.07. The number of hydrogen-bond donors (Lipinski definition) is 2. The third kappa shape index (κ3) is 2.18. The van der Waals surface area contributed by atoms with Crippen LogP contribution in [0, 0.1) is 0 Å². The van der Waals surface area contributed by atoms with E-state index in [9.17, 15) is 4.79 Å². The fourth-order valence-corrected chi connectivity index (χ4v) is 1.79. The third-order valence-electron chi connectivity index (χ3n) is 2.77. The lowest BCUT2D eigenvalue weighted by molar-refractivity contribution is 0.281. The minimum atomic E-state index is -0.226. The van der Waals surface area contributed by atoms with Crippen LogP contribution in [0.3, 0.4) is 0 Å². The Morgan fingerprint density at radius 3 is 2.95 bits per heavy atom. The summed E-state index contributed by atoms with van der Waals surface area (Å²) < 4.78 is 10.8. The Balaban J connectivity index is 1.99. The van der Waals surface area contributed by atoms with Crippen LogP contribution < -0.4 is 15.0 Å². The average Bonchev–Trinajstić information content (AvgIpc) is 2.98. The lowest BCUT2D eigenvalue weighted by atomic mass is 10.2. The first-order valence-electron chi connectivity index (χ1n) is 5.81. The van der Waals surface area contributed by atoms with Gasteiger partial charge in [0.05, 0.1) is 30.5 Å². The van der Waals surface area contributed by atoms with Crippen molar-refractivity contribution >= 4 is 10.9 Å². The normalized spacial score (nSPS) is 10.7. The maximum Gasteiger partial charge on any atom is 0.258 e. The molecule has 8 nitrogen and oxygen atoms in total. The molecule has 0 saturated carbocycles. The van der Waals surface area contributed by atoms with Crippen LogP contribution in [0.2, 0.25) is 0 Å². The van der Waals surface area contributed by atoms with E-state index in [1.807, 2.05) is 0 Å². The summed E-state index contributed by atoms with van der Waals surface area (Å²) in [6.45, 7) is 0.238. The van der Waals surface area contributed by atoms with Crippen molar-refractivity contribution in [2.75, 3.05) is 7.11 Å². The summed E-state index contributed by atoms with van der Waals surface area (Å²) in [7, 11) is 1.51. The fraction of sp³-hybridized carbons (Fsp3) is 0.167. The van der Waals surface area contributed by atoms with Gasteiger partial charge in [0, 0.05) is 6.07 Å². The molecule has 0 spiro atoms. The Morgan fingerprint density at radius 1 is 1.30 bits per heavy atom. The van der Waals surface area contributed by atoms with Gasteiger partial charge in [-0.05, 0) is 6.07 Å². The Kier molecular flexibility index (Phi) is 3.04. The van der Waals surface area contributed by atoms with Crippen molar-refractivity contribution in [2.24, 2.45) is 0 Å². The van der Waals surface area contributed by atoms with E-state index in [2.05, 4.69) is 25.4 Å². The van der Waals surface area contributed by atoms with Crippen molar-refractivity contribution in [3.63, 3.8) is 0 Å². The second kappa shape index (κ2) is 5.00. The van der Waals surface area contributed by atoms with Gasteiger partial charge >= 0.3 is 0 Å². The van der Waals surface area contributed by atoms with Crippen molar-refractivity contribution in [3.05, 3.63) is 40.7 Å². The van der Waals surface area contributed by atoms with Crippen LogP contribution in [0.1, 0.15) is 5.69 Å². The Morgan fingerprint density at radius 2 is 2.20 bits per heavy atom. The van der Waals surface area contributed by atoms with Crippen LogP contribution in [0.25, 0.3) is 10.9 Å². The Bertz CT molecular complexity index is 781. The van der Waals surface area contributed by atoms with Gasteiger partial charge in [-0.2, -0.15) is 15.4 Å². The van der Waals surface area contributed by atoms with E-state index in [1.54, 1.807) is 18.3 Å². The number of H-pyrrole nitrogens is 2. The minimum Gasteiger partial charge on any atom is -0.493 e. The third-order valence-corrected chi connectivity index (χ3v) is 2.77. The standard InChI is InChI=1S/C12H11N5O3/c1-19-10-2-8-9(13-6-14-12(8)18)3-11(10)20-5-7-4-15-17-16-7/h2-4,6H,5H2,1H3,(H,13,14,18)(H,15,16,17). The molecule has 2 aromatic heterocycles. The summed E-state index contributed by atoms with van der Waals surface area (Å²) in [6, 6.07) is 3.25. The Hall–Kier alpha value is -2.90. The van der Waals surface area contributed by atoms with Gasteiger partial charge in [-0.3, -0.25) is 4.79 Å². The van der Waals surface area contributed by atoms with E-state index in [0.717, 1.165) is 0 Å².